The van der Waals surface area contributed by atoms with Gasteiger partial charge in [-0.2, -0.15) is 0 Å². The lowest BCUT2D eigenvalue weighted by Gasteiger charge is -2.10. The van der Waals surface area contributed by atoms with Gasteiger partial charge < -0.3 is 9.47 Å². The molecule has 0 saturated heterocycles. The average molecular weight is 174 g/mol. The molecule has 4 nitrogen and oxygen atoms in total. The highest BCUT2D eigenvalue weighted by atomic mass is 16.6. The Labute approximate surface area is 71.8 Å². The number of carbonyl (C=O) groups is 2. The van der Waals surface area contributed by atoms with Crippen LogP contribution in [-0.4, -0.2) is 25.2 Å². The van der Waals surface area contributed by atoms with E-state index in [1.165, 1.54) is 7.11 Å². The van der Waals surface area contributed by atoms with Crippen molar-refractivity contribution in [3.05, 3.63) is 0 Å². The molecule has 0 aromatic carbocycles. The molecule has 4 heteroatoms. The molecule has 0 fully saturated rings. The number of carbonyl (C=O) groups excluding carboxylic acids is 2. The van der Waals surface area contributed by atoms with Crippen LogP contribution in [0.5, 0.6) is 0 Å². The quantitative estimate of drug-likeness (QED) is 0.594. The van der Waals surface area contributed by atoms with Gasteiger partial charge in [0.25, 0.3) is 0 Å². The maximum Gasteiger partial charge on any atom is 0.309 e. The molecule has 1 atom stereocenters. The van der Waals surface area contributed by atoms with Gasteiger partial charge in [0.15, 0.2) is 0 Å². The number of ether oxygens (including phenoxy) is 2. The van der Waals surface area contributed by atoms with Crippen LogP contribution in [0.25, 0.3) is 0 Å². The van der Waals surface area contributed by atoms with Crippen molar-refractivity contribution in [3.63, 3.8) is 0 Å². The molecule has 12 heavy (non-hydrogen) atoms. The highest BCUT2D eigenvalue weighted by molar-refractivity contribution is 5.72. The number of esters is 2. The second kappa shape index (κ2) is 5.57. The van der Waals surface area contributed by atoms with Crippen molar-refractivity contribution in [1.82, 2.24) is 0 Å². The normalized spacial score (nSPS) is 11.9. The third kappa shape index (κ3) is 4.71. The number of hydrogen-bond donors (Lipinski definition) is 0. The van der Waals surface area contributed by atoms with Gasteiger partial charge in [0.1, 0.15) is 6.10 Å². The summed E-state index contributed by atoms with van der Waals surface area (Å²) in [7, 11) is 1.30. The molecular weight excluding hydrogens is 160 g/mol. The maximum atomic E-state index is 10.7. The second-order valence-corrected chi connectivity index (χ2v) is 2.43. The van der Waals surface area contributed by atoms with Crippen LogP contribution < -0.4 is 0 Å². The molecule has 0 N–H and O–H groups in total. The summed E-state index contributed by atoms with van der Waals surface area (Å²) in [5, 5.41) is 0. The smallest absolute Gasteiger partial charge is 0.309 e. The summed E-state index contributed by atoms with van der Waals surface area (Å²) in [5.74, 6) is -0.669. The van der Waals surface area contributed by atoms with Gasteiger partial charge in [-0.25, -0.2) is 0 Å². The Hall–Kier alpha value is -1.06. The summed E-state index contributed by atoms with van der Waals surface area (Å²) >= 11 is 0. The van der Waals surface area contributed by atoms with Crippen molar-refractivity contribution >= 4 is 11.9 Å². The van der Waals surface area contributed by atoms with Crippen LogP contribution in [0.1, 0.15) is 26.7 Å². The summed E-state index contributed by atoms with van der Waals surface area (Å²) in [4.78, 5) is 21.4. The lowest BCUT2D eigenvalue weighted by molar-refractivity contribution is -0.152. The minimum absolute atomic E-state index is 0.113. The van der Waals surface area contributed by atoms with Crippen LogP contribution in [0, 0.1) is 0 Å². The standard InChI is InChI=1S/C8H14O4/c1-4-7(9)12-6(2)5-8(10)11-3/h6H,4-5H2,1-3H3. The van der Waals surface area contributed by atoms with Gasteiger partial charge in [0.05, 0.1) is 13.5 Å². The molecule has 0 aromatic rings. The summed E-state index contributed by atoms with van der Waals surface area (Å²) in [6.07, 6.45) is 0.0400. The zero-order chi connectivity index (χ0) is 9.56. The summed E-state index contributed by atoms with van der Waals surface area (Å²) in [5.41, 5.74) is 0. The molecule has 0 aliphatic carbocycles. The maximum absolute atomic E-state index is 10.7. The van der Waals surface area contributed by atoms with E-state index in [0.29, 0.717) is 6.42 Å². The van der Waals surface area contributed by atoms with E-state index >= 15 is 0 Å². The molecule has 0 amide bonds. The molecule has 70 valence electrons. The Bertz CT molecular complexity index is 146. The van der Waals surface area contributed by atoms with Gasteiger partial charge in [-0.3, -0.25) is 9.59 Å². The van der Waals surface area contributed by atoms with Crippen molar-refractivity contribution < 1.29 is 19.1 Å². The number of methoxy groups -OCH3 is 1. The highest BCUT2D eigenvalue weighted by Crippen LogP contribution is 2.00. The predicted molar refractivity (Wildman–Crippen MR) is 42.5 cm³/mol. The number of hydrogen-bond acceptors (Lipinski definition) is 4. The lowest BCUT2D eigenvalue weighted by Crippen LogP contribution is -2.18. The van der Waals surface area contributed by atoms with E-state index in [9.17, 15) is 9.59 Å². The fourth-order valence-corrected chi connectivity index (χ4v) is 0.667. The second-order valence-electron chi connectivity index (χ2n) is 2.43. The first kappa shape index (κ1) is 10.9. The lowest BCUT2D eigenvalue weighted by atomic mass is 10.3. The molecule has 0 saturated carbocycles. The Morgan fingerprint density at radius 3 is 2.33 bits per heavy atom. The molecule has 1 unspecified atom stereocenters. The molecule has 0 spiro atoms. The van der Waals surface area contributed by atoms with E-state index in [-0.39, 0.29) is 18.4 Å². The Morgan fingerprint density at radius 2 is 1.92 bits per heavy atom. The molecule has 0 bridgehead atoms. The topological polar surface area (TPSA) is 52.6 Å². The van der Waals surface area contributed by atoms with Crippen LogP contribution in [0.2, 0.25) is 0 Å². The third-order valence-electron chi connectivity index (χ3n) is 1.30. The van der Waals surface area contributed by atoms with E-state index < -0.39 is 6.10 Å². The first-order chi connectivity index (χ1) is 5.60. The van der Waals surface area contributed by atoms with E-state index in [4.69, 9.17) is 4.74 Å². The van der Waals surface area contributed by atoms with Gasteiger partial charge in [0, 0.05) is 6.42 Å². The molecule has 0 rings (SSSR count). The zero-order valence-corrected chi connectivity index (χ0v) is 7.62. The Balaban J connectivity index is 3.66. The van der Waals surface area contributed by atoms with Crippen molar-refractivity contribution in [2.45, 2.75) is 32.8 Å². The van der Waals surface area contributed by atoms with Gasteiger partial charge in [-0.15, -0.1) is 0 Å². The monoisotopic (exact) mass is 174 g/mol. The third-order valence-corrected chi connectivity index (χ3v) is 1.30. The van der Waals surface area contributed by atoms with E-state index in [0.717, 1.165) is 0 Å². The summed E-state index contributed by atoms with van der Waals surface area (Å²) in [6.45, 7) is 3.36. The molecule has 0 aromatic heterocycles. The van der Waals surface area contributed by atoms with Crippen LogP contribution in [0.3, 0.4) is 0 Å². The highest BCUT2D eigenvalue weighted by Gasteiger charge is 2.12. The van der Waals surface area contributed by atoms with E-state index in [1.54, 1.807) is 13.8 Å². The van der Waals surface area contributed by atoms with Gasteiger partial charge in [-0.05, 0) is 6.92 Å². The SMILES string of the molecule is CCC(=O)OC(C)CC(=O)OC. The van der Waals surface area contributed by atoms with Crippen LogP contribution in [0.4, 0.5) is 0 Å². The van der Waals surface area contributed by atoms with Crippen LogP contribution in [-0.2, 0) is 19.1 Å². The molecule has 0 heterocycles. The largest absolute Gasteiger partial charge is 0.469 e. The molecule has 0 aliphatic rings. The van der Waals surface area contributed by atoms with Crippen LogP contribution >= 0.6 is 0 Å². The minimum Gasteiger partial charge on any atom is -0.469 e. The molecule has 0 aliphatic heterocycles. The van der Waals surface area contributed by atoms with Crippen molar-refractivity contribution in [2.24, 2.45) is 0 Å². The zero-order valence-electron chi connectivity index (χ0n) is 7.62. The summed E-state index contributed by atoms with van der Waals surface area (Å²) < 4.78 is 9.24. The predicted octanol–water partition coefficient (Wildman–Crippen LogP) is 0.891. The van der Waals surface area contributed by atoms with Crippen molar-refractivity contribution in [2.75, 3.05) is 7.11 Å². The first-order valence-electron chi connectivity index (χ1n) is 3.86. The Kier molecular flexibility index (Phi) is 5.08. The molecule has 0 radical (unpaired) electrons. The van der Waals surface area contributed by atoms with Crippen molar-refractivity contribution in [1.29, 1.82) is 0 Å². The van der Waals surface area contributed by atoms with Crippen LogP contribution in [0.15, 0.2) is 0 Å². The van der Waals surface area contributed by atoms with E-state index in [1.807, 2.05) is 0 Å². The van der Waals surface area contributed by atoms with Gasteiger partial charge in [0.2, 0.25) is 0 Å². The van der Waals surface area contributed by atoms with Gasteiger partial charge in [-0.1, -0.05) is 6.92 Å². The fraction of sp³-hybridized carbons (Fsp3) is 0.750. The minimum atomic E-state index is -0.398. The Morgan fingerprint density at radius 1 is 1.33 bits per heavy atom. The van der Waals surface area contributed by atoms with Gasteiger partial charge >= 0.3 is 11.9 Å². The molecular formula is C8H14O4. The average Bonchev–Trinajstić information content (AvgIpc) is 2.03. The fourth-order valence-electron chi connectivity index (χ4n) is 0.667. The van der Waals surface area contributed by atoms with Crippen molar-refractivity contribution in [3.8, 4) is 0 Å². The van der Waals surface area contributed by atoms with E-state index in [2.05, 4.69) is 4.74 Å². The summed E-state index contributed by atoms with van der Waals surface area (Å²) in [6, 6.07) is 0. The number of rotatable bonds is 4. The first-order valence-corrected chi connectivity index (χ1v) is 3.86.